The smallest absolute Gasteiger partial charge is 0.309 e. The SMILES string of the molecule is CCCCC(CCCC)(CCCCCC(CCC)(CCC)C(=O)O)C(=O)O. The number of carbonyl (C=O) groups is 2. The zero-order valence-corrected chi connectivity index (χ0v) is 18.3. The van der Waals surface area contributed by atoms with Gasteiger partial charge >= 0.3 is 11.9 Å². The van der Waals surface area contributed by atoms with E-state index >= 15 is 0 Å². The molecule has 2 N–H and O–H groups in total. The summed E-state index contributed by atoms with van der Waals surface area (Å²) < 4.78 is 0. The molecular formula is C23H44O4. The summed E-state index contributed by atoms with van der Waals surface area (Å²) in [4.78, 5) is 23.9. The van der Waals surface area contributed by atoms with E-state index in [-0.39, 0.29) is 0 Å². The number of unbranched alkanes of at least 4 members (excludes halogenated alkanes) is 4. The molecule has 0 spiro atoms. The fourth-order valence-electron chi connectivity index (χ4n) is 4.48. The van der Waals surface area contributed by atoms with Gasteiger partial charge in [-0.1, -0.05) is 85.5 Å². The van der Waals surface area contributed by atoms with E-state index in [0.29, 0.717) is 6.42 Å². The number of rotatable bonds is 18. The summed E-state index contributed by atoms with van der Waals surface area (Å²) in [6, 6.07) is 0. The normalized spacial score (nSPS) is 12.3. The molecule has 0 saturated heterocycles. The van der Waals surface area contributed by atoms with Crippen molar-refractivity contribution in [2.75, 3.05) is 0 Å². The molecule has 4 nitrogen and oxygen atoms in total. The quantitative estimate of drug-likeness (QED) is 0.248. The van der Waals surface area contributed by atoms with Crippen molar-refractivity contribution in [2.45, 2.75) is 124 Å². The molecule has 0 amide bonds. The molecule has 0 aliphatic carbocycles. The zero-order chi connectivity index (χ0) is 20.8. The predicted octanol–water partition coefficient (Wildman–Crippen LogP) is 7.06. The van der Waals surface area contributed by atoms with Crippen molar-refractivity contribution in [1.29, 1.82) is 0 Å². The van der Waals surface area contributed by atoms with Gasteiger partial charge in [0.15, 0.2) is 0 Å². The van der Waals surface area contributed by atoms with E-state index < -0.39 is 22.8 Å². The molecule has 0 heterocycles. The standard InChI is InChI=1S/C23H44O4/c1-5-9-16-23(21(26)27,17-10-6-2)19-13-11-12-18-22(14-7-3,15-8-4)20(24)25/h5-19H2,1-4H3,(H,24,25)(H,26,27). The van der Waals surface area contributed by atoms with Crippen LogP contribution in [0.15, 0.2) is 0 Å². The first-order chi connectivity index (χ1) is 12.8. The fraction of sp³-hybridized carbons (Fsp3) is 0.913. The average molecular weight is 385 g/mol. The lowest BCUT2D eigenvalue weighted by molar-refractivity contribution is -0.151. The highest BCUT2D eigenvalue weighted by atomic mass is 16.4. The van der Waals surface area contributed by atoms with Gasteiger partial charge in [-0.25, -0.2) is 0 Å². The second-order valence-electron chi connectivity index (χ2n) is 8.44. The van der Waals surface area contributed by atoms with Crippen LogP contribution in [0.25, 0.3) is 0 Å². The molecule has 0 aliphatic rings. The molecule has 0 aromatic rings. The highest BCUT2D eigenvalue weighted by Gasteiger charge is 2.37. The molecule has 0 bridgehead atoms. The van der Waals surface area contributed by atoms with Crippen molar-refractivity contribution < 1.29 is 19.8 Å². The fourth-order valence-corrected chi connectivity index (χ4v) is 4.48. The maximum atomic E-state index is 12.0. The summed E-state index contributed by atoms with van der Waals surface area (Å²) in [5.74, 6) is -1.29. The number of carboxylic acid groups (broad SMARTS) is 2. The Morgan fingerprint density at radius 2 is 0.852 bits per heavy atom. The average Bonchev–Trinajstić information content (AvgIpc) is 2.63. The van der Waals surface area contributed by atoms with E-state index in [1.165, 1.54) is 0 Å². The lowest BCUT2D eigenvalue weighted by Crippen LogP contribution is -2.32. The van der Waals surface area contributed by atoms with E-state index in [4.69, 9.17) is 0 Å². The van der Waals surface area contributed by atoms with Crippen LogP contribution in [-0.4, -0.2) is 22.2 Å². The van der Waals surface area contributed by atoms with Crippen molar-refractivity contribution >= 4 is 11.9 Å². The summed E-state index contributed by atoms with van der Waals surface area (Å²) in [6.45, 7) is 8.32. The highest BCUT2D eigenvalue weighted by molar-refractivity contribution is 5.75. The van der Waals surface area contributed by atoms with Crippen molar-refractivity contribution in [3.63, 3.8) is 0 Å². The van der Waals surface area contributed by atoms with Gasteiger partial charge in [-0.05, 0) is 38.5 Å². The maximum Gasteiger partial charge on any atom is 0.309 e. The minimum absolute atomic E-state index is 0.581. The minimum Gasteiger partial charge on any atom is -0.481 e. The zero-order valence-electron chi connectivity index (χ0n) is 18.3. The van der Waals surface area contributed by atoms with Gasteiger partial charge in [0.1, 0.15) is 0 Å². The molecule has 0 rings (SSSR count). The van der Waals surface area contributed by atoms with Crippen LogP contribution in [-0.2, 0) is 9.59 Å². The van der Waals surface area contributed by atoms with E-state index in [2.05, 4.69) is 27.7 Å². The number of carboxylic acids is 2. The number of hydrogen-bond donors (Lipinski definition) is 2. The Hall–Kier alpha value is -1.06. The Morgan fingerprint density at radius 1 is 0.519 bits per heavy atom. The van der Waals surface area contributed by atoms with Gasteiger partial charge < -0.3 is 10.2 Å². The third kappa shape index (κ3) is 8.66. The molecule has 0 aliphatic heterocycles. The summed E-state index contributed by atoms with van der Waals surface area (Å²) >= 11 is 0. The molecule has 27 heavy (non-hydrogen) atoms. The van der Waals surface area contributed by atoms with Crippen LogP contribution in [0.1, 0.15) is 124 Å². The van der Waals surface area contributed by atoms with E-state index in [9.17, 15) is 19.8 Å². The molecule has 0 atom stereocenters. The summed E-state index contributed by atoms with van der Waals surface area (Å²) in [6.07, 6.45) is 12.9. The summed E-state index contributed by atoms with van der Waals surface area (Å²) in [5, 5.41) is 19.7. The van der Waals surface area contributed by atoms with Gasteiger partial charge in [-0.2, -0.15) is 0 Å². The van der Waals surface area contributed by atoms with Gasteiger partial charge in [-0.15, -0.1) is 0 Å². The lowest BCUT2D eigenvalue weighted by Gasteiger charge is -2.31. The maximum absolute atomic E-state index is 12.0. The number of aliphatic carboxylic acids is 2. The van der Waals surface area contributed by atoms with Gasteiger partial charge in [0, 0.05) is 0 Å². The van der Waals surface area contributed by atoms with E-state index in [1.807, 2.05) is 0 Å². The van der Waals surface area contributed by atoms with Crippen LogP contribution in [0.4, 0.5) is 0 Å². The van der Waals surface area contributed by atoms with Crippen LogP contribution < -0.4 is 0 Å². The highest BCUT2D eigenvalue weighted by Crippen LogP contribution is 2.39. The second kappa shape index (κ2) is 14.0. The summed E-state index contributed by atoms with van der Waals surface area (Å²) in [5.41, 5.74) is -1.17. The van der Waals surface area contributed by atoms with Crippen LogP contribution in [0.5, 0.6) is 0 Å². The topological polar surface area (TPSA) is 74.6 Å². The molecule has 0 radical (unpaired) electrons. The first kappa shape index (κ1) is 25.9. The largest absolute Gasteiger partial charge is 0.481 e. The Labute approximate surface area is 167 Å². The van der Waals surface area contributed by atoms with Crippen molar-refractivity contribution in [3.8, 4) is 0 Å². The van der Waals surface area contributed by atoms with Crippen molar-refractivity contribution in [3.05, 3.63) is 0 Å². The molecular weight excluding hydrogens is 340 g/mol. The first-order valence-electron chi connectivity index (χ1n) is 11.3. The van der Waals surface area contributed by atoms with Crippen LogP contribution in [0.3, 0.4) is 0 Å². The van der Waals surface area contributed by atoms with E-state index in [0.717, 1.165) is 89.9 Å². The van der Waals surface area contributed by atoms with Crippen LogP contribution >= 0.6 is 0 Å². The Bertz CT molecular complexity index is 403. The lowest BCUT2D eigenvalue weighted by atomic mass is 9.73. The Balaban J connectivity index is 4.77. The number of hydrogen-bond acceptors (Lipinski definition) is 2. The van der Waals surface area contributed by atoms with Crippen LogP contribution in [0, 0.1) is 10.8 Å². The van der Waals surface area contributed by atoms with Crippen molar-refractivity contribution in [2.24, 2.45) is 10.8 Å². The van der Waals surface area contributed by atoms with Gasteiger partial charge in [0.2, 0.25) is 0 Å². The van der Waals surface area contributed by atoms with Gasteiger partial charge in [0.05, 0.1) is 10.8 Å². The molecule has 0 unspecified atom stereocenters. The van der Waals surface area contributed by atoms with Gasteiger partial charge in [-0.3, -0.25) is 9.59 Å². The van der Waals surface area contributed by atoms with Crippen molar-refractivity contribution in [1.82, 2.24) is 0 Å². The van der Waals surface area contributed by atoms with Crippen LogP contribution in [0.2, 0.25) is 0 Å². The van der Waals surface area contributed by atoms with Gasteiger partial charge in [0.25, 0.3) is 0 Å². The Morgan fingerprint density at radius 3 is 1.15 bits per heavy atom. The monoisotopic (exact) mass is 384 g/mol. The molecule has 0 fully saturated rings. The van der Waals surface area contributed by atoms with E-state index in [1.54, 1.807) is 0 Å². The molecule has 0 saturated carbocycles. The molecule has 0 aromatic carbocycles. The minimum atomic E-state index is -0.656. The predicted molar refractivity (Wildman–Crippen MR) is 112 cm³/mol. The molecule has 160 valence electrons. The third-order valence-corrected chi connectivity index (χ3v) is 6.19. The summed E-state index contributed by atoms with van der Waals surface area (Å²) in [7, 11) is 0. The Kier molecular flexibility index (Phi) is 13.5. The second-order valence-corrected chi connectivity index (χ2v) is 8.44. The third-order valence-electron chi connectivity index (χ3n) is 6.19. The molecule has 4 heteroatoms. The first-order valence-corrected chi connectivity index (χ1v) is 11.3. The molecule has 0 aromatic heterocycles.